The highest BCUT2D eigenvalue weighted by molar-refractivity contribution is 6.08. The van der Waals surface area contributed by atoms with E-state index in [1.165, 1.54) is 5.56 Å². The van der Waals surface area contributed by atoms with Crippen LogP contribution in [0, 0.1) is 0 Å². The fourth-order valence-corrected chi connectivity index (χ4v) is 6.27. The third-order valence-corrected chi connectivity index (χ3v) is 8.32. The van der Waals surface area contributed by atoms with Crippen LogP contribution in [0.2, 0.25) is 0 Å². The topological polar surface area (TPSA) is 73.8 Å². The first-order valence-corrected chi connectivity index (χ1v) is 14.4. The molecule has 3 aliphatic rings. The lowest BCUT2D eigenvalue weighted by Crippen LogP contribution is -2.31. The number of rotatable bonds is 5. The number of hydrogen-bond acceptors (Lipinski definition) is 4. The predicted molar refractivity (Wildman–Crippen MR) is 159 cm³/mol. The lowest BCUT2D eigenvalue weighted by Gasteiger charge is -2.29. The molecule has 7 heteroatoms. The maximum atomic E-state index is 13.0. The van der Waals surface area contributed by atoms with Gasteiger partial charge in [-0.3, -0.25) is 19.4 Å². The Bertz CT molecular complexity index is 1490. The van der Waals surface area contributed by atoms with E-state index >= 15 is 0 Å². The van der Waals surface area contributed by atoms with Crippen molar-refractivity contribution in [3.63, 3.8) is 0 Å². The molecule has 6 rings (SSSR count). The number of nitrogens with zero attached hydrogens (tertiary/aromatic N) is 4. The first kappa shape index (κ1) is 26.2. The molecule has 0 aliphatic carbocycles. The second-order valence-corrected chi connectivity index (χ2v) is 12.1. The Hall–Kier alpha value is -4.00. The second-order valence-electron chi connectivity index (χ2n) is 12.1. The lowest BCUT2D eigenvalue weighted by molar-refractivity contribution is -0.118. The standard InChI is InChI=1S/C33H36N4O3/c1-33(2,3)26-14-15-34-21-25(26)23-12-10-22(11-13-23)24-19-28(36-17-5-8-31(36)39)29(37-18-6-9-32(37)40)20-27(24)35-16-4-7-30(35)38/h10-15,19-21H,4-9,16-18H2,1-3H3. The van der Waals surface area contributed by atoms with Crippen LogP contribution >= 0.6 is 0 Å². The second kappa shape index (κ2) is 10.2. The van der Waals surface area contributed by atoms with Crippen LogP contribution in [0.25, 0.3) is 22.3 Å². The minimum atomic E-state index is -0.0275. The summed E-state index contributed by atoms with van der Waals surface area (Å²) in [4.78, 5) is 48.7. The summed E-state index contributed by atoms with van der Waals surface area (Å²) in [5.41, 5.74) is 7.54. The lowest BCUT2D eigenvalue weighted by atomic mass is 9.82. The normalized spacial score (nSPS) is 18.0. The predicted octanol–water partition coefficient (Wildman–Crippen LogP) is 6.09. The van der Waals surface area contributed by atoms with Crippen LogP contribution in [-0.2, 0) is 19.8 Å². The van der Waals surface area contributed by atoms with Gasteiger partial charge < -0.3 is 14.7 Å². The third-order valence-electron chi connectivity index (χ3n) is 8.32. The van der Waals surface area contributed by atoms with Crippen molar-refractivity contribution in [1.82, 2.24) is 4.98 Å². The van der Waals surface area contributed by atoms with E-state index in [0.29, 0.717) is 38.9 Å². The fourth-order valence-electron chi connectivity index (χ4n) is 6.27. The fraction of sp³-hybridized carbons (Fsp3) is 0.394. The molecule has 0 spiro atoms. The van der Waals surface area contributed by atoms with Crippen LogP contribution < -0.4 is 14.7 Å². The van der Waals surface area contributed by atoms with Crippen LogP contribution in [-0.4, -0.2) is 42.3 Å². The van der Waals surface area contributed by atoms with Gasteiger partial charge in [0.2, 0.25) is 17.7 Å². The summed E-state index contributed by atoms with van der Waals surface area (Å²) < 4.78 is 0. The molecule has 0 bridgehead atoms. The van der Waals surface area contributed by atoms with Crippen molar-refractivity contribution in [3.8, 4) is 22.3 Å². The van der Waals surface area contributed by atoms with Crippen molar-refractivity contribution in [3.05, 3.63) is 60.4 Å². The Kier molecular flexibility index (Phi) is 6.69. The van der Waals surface area contributed by atoms with Crippen LogP contribution in [0.5, 0.6) is 0 Å². The maximum Gasteiger partial charge on any atom is 0.227 e. The molecule has 3 saturated heterocycles. The average molecular weight is 537 g/mol. The minimum absolute atomic E-state index is 0.0275. The smallest absolute Gasteiger partial charge is 0.227 e. The van der Waals surface area contributed by atoms with E-state index in [-0.39, 0.29) is 23.1 Å². The summed E-state index contributed by atoms with van der Waals surface area (Å²) in [6.07, 6.45) is 7.67. The monoisotopic (exact) mass is 536 g/mol. The molecule has 3 fully saturated rings. The maximum absolute atomic E-state index is 13.0. The number of pyridine rings is 1. The first-order chi connectivity index (χ1) is 19.2. The molecule has 3 aromatic rings. The Morgan fingerprint density at radius 3 is 1.57 bits per heavy atom. The first-order valence-electron chi connectivity index (χ1n) is 14.4. The highest BCUT2D eigenvalue weighted by Crippen LogP contribution is 2.45. The van der Waals surface area contributed by atoms with Gasteiger partial charge in [0.1, 0.15) is 0 Å². The van der Waals surface area contributed by atoms with Crippen molar-refractivity contribution in [2.75, 3.05) is 34.3 Å². The van der Waals surface area contributed by atoms with E-state index in [9.17, 15) is 14.4 Å². The molecular formula is C33H36N4O3. The molecule has 206 valence electrons. The van der Waals surface area contributed by atoms with Crippen molar-refractivity contribution in [2.24, 2.45) is 0 Å². The third kappa shape index (κ3) is 4.67. The number of aromatic nitrogens is 1. The largest absolute Gasteiger partial charge is 0.312 e. The van der Waals surface area contributed by atoms with Crippen molar-refractivity contribution >= 4 is 34.8 Å². The number of amides is 3. The van der Waals surface area contributed by atoms with Crippen LogP contribution in [0.15, 0.2) is 54.9 Å². The summed E-state index contributed by atoms with van der Waals surface area (Å²) in [6.45, 7) is 8.50. The van der Waals surface area contributed by atoms with Gasteiger partial charge in [-0.15, -0.1) is 0 Å². The molecule has 0 saturated carbocycles. The summed E-state index contributed by atoms with van der Waals surface area (Å²) >= 11 is 0. The summed E-state index contributed by atoms with van der Waals surface area (Å²) in [6, 6.07) is 14.5. The molecular weight excluding hydrogens is 500 g/mol. The van der Waals surface area contributed by atoms with E-state index < -0.39 is 0 Å². The van der Waals surface area contributed by atoms with Gasteiger partial charge in [-0.2, -0.15) is 0 Å². The number of hydrogen-bond donors (Lipinski definition) is 0. The summed E-state index contributed by atoms with van der Waals surface area (Å²) in [5, 5.41) is 0. The van der Waals surface area contributed by atoms with Crippen molar-refractivity contribution in [1.29, 1.82) is 0 Å². The van der Waals surface area contributed by atoms with Gasteiger partial charge >= 0.3 is 0 Å². The Labute approximate surface area is 235 Å². The summed E-state index contributed by atoms with van der Waals surface area (Å²) in [5.74, 6) is 0.229. The van der Waals surface area contributed by atoms with Crippen molar-refractivity contribution in [2.45, 2.75) is 64.7 Å². The van der Waals surface area contributed by atoms with Crippen LogP contribution in [0.3, 0.4) is 0 Å². The number of carbonyl (C=O) groups is 3. The quantitative estimate of drug-likeness (QED) is 0.395. The Morgan fingerprint density at radius 2 is 1.10 bits per heavy atom. The zero-order valence-corrected chi connectivity index (χ0v) is 23.6. The highest BCUT2D eigenvalue weighted by atomic mass is 16.2. The molecule has 0 radical (unpaired) electrons. The molecule has 0 atom stereocenters. The highest BCUT2D eigenvalue weighted by Gasteiger charge is 2.33. The average Bonchev–Trinajstić information content (AvgIpc) is 3.69. The number of anilines is 3. The molecule has 3 amide bonds. The zero-order valence-electron chi connectivity index (χ0n) is 23.6. The molecule has 0 N–H and O–H groups in total. The van der Waals surface area contributed by atoms with Gasteiger partial charge in [0.25, 0.3) is 0 Å². The molecule has 1 aromatic heterocycles. The Morgan fingerprint density at radius 1 is 0.625 bits per heavy atom. The van der Waals surface area contributed by atoms with Gasteiger partial charge in [-0.1, -0.05) is 45.0 Å². The minimum Gasteiger partial charge on any atom is -0.312 e. The zero-order chi connectivity index (χ0) is 28.0. The van der Waals surface area contributed by atoms with Gasteiger partial charge in [-0.25, -0.2) is 0 Å². The summed E-state index contributed by atoms with van der Waals surface area (Å²) in [7, 11) is 0. The van der Waals surface area contributed by atoms with E-state index in [0.717, 1.165) is 58.6 Å². The van der Waals surface area contributed by atoms with Gasteiger partial charge in [0.15, 0.2) is 0 Å². The van der Waals surface area contributed by atoms with Gasteiger partial charge in [0, 0.05) is 62.4 Å². The number of benzene rings is 2. The van der Waals surface area contributed by atoms with Crippen LogP contribution in [0.4, 0.5) is 17.1 Å². The molecule has 4 heterocycles. The molecule has 40 heavy (non-hydrogen) atoms. The Balaban J connectivity index is 1.50. The number of carbonyl (C=O) groups excluding carboxylic acids is 3. The van der Waals surface area contributed by atoms with Crippen LogP contribution in [0.1, 0.15) is 64.9 Å². The SMILES string of the molecule is CC(C)(C)c1ccncc1-c1ccc(-c2cc(N3CCCC3=O)c(N3CCCC3=O)cc2N2CCCC2=O)cc1. The van der Waals surface area contributed by atoms with E-state index in [2.05, 4.69) is 56.1 Å². The van der Waals surface area contributed by atoms with E-state index in [4.69, 9.17) is 0 Å². The molecule has 7 nitrogen and oxygen atoms in total. The van der Waals surface area contributed by atoms with Crippen molar-refractivity contribution < 1.29 is 14.4 Å². The molecule has 0 unspecified atom stereocenters. The van der Waals surface area contributed by atoms with Gasteiger partial charge in [-0.05, 0) is 59.6 Å². The molecule has 3 aliphatic heterocycles. The van der Waals surface area contributed by atoms with E-state index in [1.807, 2.05) is 34.3 Å². The van der Waals surface area contributed by atoms with E-state index in [1.54, 1.807) is 4.90 Å². The molecule has 2 aromatic carbocycles. The van der Waals surface area contributed by atoms with Gasteiger partial charge in [0.05, 0.1) is 17.1 Å².